The van der Waals surface area contributed by atoms with E-state index in [1.807, 2.05) is 6.92 Å². The third-order valence-corrected chi connectivity index (χ3v) is 4.45. The molecule has 2 rings (SSSR count). The minimum atomic E-state index is -4.53. The Morgan fingerprint density at radius 1 is 1.45 bits per heavy atom. The molecule has 6 heteroatoms. The first-order valence-corrected chi connectivity index (χ1v) is 7.33. The second-order valence-electron chi connectivity index (χ2n) is 5.81. The van der Waals surface area contributed by atoms with Gasteiger partial charge in [-0.05, 0) is 38.0 Å². The van der Waals surface area contributed by atoms with Crippen molar-refractivity contribution in [3.05, 3.63) is 29.3 Å². The van der Waals surface area contributed by atoms with E-state index in [4.69, 9.17) is 5.26 Å². The zero-order valence-corrected chi connectivity index (χ0v) is 12.6. The van der Waals surface area contributed by atoms with Crippen molar-refractivity contribution in [3.8, 4) is 6.07 Å². The van der Waals surface area contributed by atoms with Crippen molar-refractivity contribution in [1.29, 1.82) is 5.26 Å². The number of rotatable bonds is 3. The van der Waals surface area contributed by atoms with Gasteiger partial charge in [-0.1, -0.05) is 13.3 Å². The lowest BCUT2D eigenvalue weighted by Crippen LogP contribution is -2.43. The smallest absolute Gasteiger partial charge is 0.388 e. The minimum Gasteiger partial charge on any atom is -0.388 e. The third-order valence-electron chi connectivity index (χ3n) is 4.45. The maximum Gasteiger partial charge on any atom is 0.418 e. The number of hydrogen-bond donors (Lipinski definition) is 1. The molecule has 0 amide bonds. The summed E-state index contributed by atoms with van der Waals surface area (Å²) in [7, 11) is 0. The Bertz CT molecular complexity index is 594. The maximum atomic E-state index is 13.3. The molecule has 0 saturated carbocycles. The van der Waals surface area contributed by atoms with Gasteiger partial charge in [0.2, 0.25) is 0 Å². The molecule has 1 saturated heterocycles. The van der Waals surface area contributed by atoms with E-state index in [0.29, 0.717) is 19.4 Å². The first-order valence-electron chi connectivity index (χ1n) is 7.33. The Kier molecular flexibility index (Phi) is 4.39. The molecule has 0 bridgehead atoms. The minimum absolute atomic E-state index is 0.0215. The zero-order chi connectivity index (χ0) is 16.5. The number of alkyl halides is 3. The molecule has 120 valence electrons. The van der Waals surface area contributed by atoms with Gasteiger partial charge in [0.1, 0.15) is 0 Å². The predicted octanol–water partition coefficient (Wildman–Crippen LogP) is 3.71. The van der Waals surface area contributed by atoms with Crippen LogP contribution in [0.15, 0.2) is 18.2 Å². The summed E-state index contributed by atoms with van der Waals surface area (Å²) in [6.45, 7) is 4.06. The number of nitrogens with zero attached hydrogens (tertiary/aromatic N) is 2. The number of aliphatic hydroxyl groups is 1. The average molecular weight is 312 g/mol. The van der Waals surface area contributed by atoms with Crippen LogP contribution in [0.2, 0.25) is 0 Å². The van der Waals surface area contributed by atoms with Gasteiger partial charge in [-0.25, -0.2) is 0 Å². The highest BCUT2D eigenvalue weighted by Crippen LogP contribution is 2.42. The van der Waals surface area contributed by atoms with Crippen molar-refractivity contribution < 1.29 is 18.3 Å². The SMILES string of the molecule is CCC[C@]1(O)CCN(c2ccc(C#N)cc2C(F)(F)F)[C@H]1C. The van der Waals surface area contributed by atoms with Gasteiger partial charge in [-0.3, -0.25) is 0 Å². The molecule has 1 fully saturated rings. The topological polar surface area (TPSA) is 47.3 Å². The fraction of sp³-hybridized carbons (Fsp3) is 0.562. The summed E-state index contributed by atoms with van der Waals surface area (Å²) in [5.74, 6) is 0. The molecule has 0 aromatic heterocycles. The van der Waals surface area contributed by atoms with Crippen LogP contribution in [0.5, 0.6) is 0 Å². The summed E-state index contributed by atoms with van der Waals surface area (Å²) < 4.78 is 39.9. The molecule has 22 heavy (non-hydrogen) atoms. The van der Waals surface area contributed by atoms with Gasteiger partial charge in [0, 0.05) is 12.2 Å². The Labute approximate surface area is 128 Å². The van der Waals surface area contributed by atoms with E-state index in [2.05, 4.69) is 0 Å². The van der Waals surface area contributed by atoms with E-state index in [9.17, 15) is 18.3 Å². The highest BCUT2D eigenvalue weighted by molar-refractivity contribution is 5.59. The molecule has 2 atom stereocenters. The van der Waals surface area contributed by atoms with Crippen molar-refractivity contribution in [3.63, 3.8) is 0 Å². The molecule has 0 radical (unpaired) electrons. The van der Waals surface area contributed by atoms with Gasteiger partial charge < -0.3 is 10.0 Å². The summed E-state index contributed by atoms with van der Waals surface area (Å²) in [6, 6.07) is 4.92. The normalized spacial score (nSPS) is 25.3. The average Bonchev–Trinajstić information content (AvgIpc) is 2.74. The van der Waals surface area contributed by atoms with Crippen LogP contribution in [0, 0.1) is 11.3 Å². The molecule has 3 nitrogen and oxygen atoms in total. The molecule has 0 aliphatic carbocycles. The summed E-state index contributed by atoms with van der Waals surface area (Å²) in [5.41, 5.74) is -1.78. The second kappa shape index (κ2) is 5.81. The number of halogens is 3. The number of anilines is 1. The first kappa shape index (κ1) is 16.6. The summed E-state index contributed by atoms with van der Waals surface area (Å²) in [4.78, 5) is 1.60. The summed E-state index contributed by atoms with van der Waals surface area (Å²) in [5, 5.41) is 19.4. The van der Waals surface area contributed by atoms with E-state index >= 15 is 0 Å². The van der Waals surface area contributed by atoms with Crippen LogP contribution in [0.4, 0.5) is 18.9 Å². The zero-order valence-electron chi connectivity index (χ0n) is 12.6. The van der Waals surface area contributed by atoms with Crippen molar-refractivity contribution in [2.75, 3.05) is 11.4 Å². The van der Waals surface area contributed by atoms with Gasteiger partial charge in [0.15, 0.2) is 0 Å². The Morgan fingerprint density at radius 2 is 2.14 bits per heavy atom. The lowest BCUT2D eigenvalue weighted by molar-refractivity contribution is -0.137. The lowest BCUT2D eigenvalue weighted by atomic mass is 9.90. The van der Waals surface area contributed by atoms with Crippen LogP contribution in [0.25, 0.3) is 0 Å². The summed E-state index contributed by atoms with van der Waals surface area (Å²) >= 11 is 0. The fourth-order valence-electron chi connectivity index (χ4n) is 3.19. The molecular formula is C16H19F3N2O. The van der Waals surface area contributed by atoms with Crippen molar-refractivity contribution in [2.45, 2.75) is 50.9 Å². The quantitative estimate of drug-likeness (QED) is 0.925. The molecule has 0 unspecified atom stereocenters. The molecule has 1 aromatic carbocycles. The van der Waals surface area contributed by atoms with Crippen LogP contribution >= 0.6 is 0 Å². The highest BCUT2D eigenvalue weighted by Gasteiger charge is 2.45. The van der Waals surface area contributed by atoms with Crippen molar-refractivity contribution >= 4 is 5.69 Å². The van der Waals surface area contributed by atoms with Crippen LogP contribution in [-0.2, 0) is 6.18 Å². The Balaban J connectivity index is 2.44. The molecular weight excluding hydrogens is 293 g/mol. The lowest BCUT2D eigenvalue weighted by Gasteiger charge is -2.33. The third kappa shape index (κ3) is 2.91. The van der Waals surface area contributed by atoms with Crippen LogP contribution in [-0.4, -0.2) is 23.3 Å². The van der Waals surface area contributed by atoms with E-state index in [0.717, 1.165) is 12.5 Å². The summed E-state index contributed by atoms with van der Waals surface area (Å²) in [6.07, 6.45) is -2.76. The van der Waals surface area contributed by atoms with Gasteiger partial charge in [0.05, 0.1) is 28.8 Å². The fourth-order valence-corrected chi connectivity index (χ4v) is 3.19. The number of nitriles is 1. The number of benzene rings is 1. The largest absolute Gasteiger partial charge is 0.418 e. The highest BCUT2D eigenvalue weighted by atomic mass is 19.4. The molecule has 1 N–H and O–H groups in total. The monoisotopic (exact) mass is 312 g/mol. The van der Waals surface area contributed by atoms with E-state index in [-0.39, 0.29) is 11.3 Å². The second-order valence-corrected chi connectivity index (χ2v) is 5.81. The molecule has 1 aromatic rings. The Hall–Kier alpha value is -1.74. The predicted molar refractivity (Wildman–Crippen MR) is 77.4 cm³/mol. The van der Waals surface area contributed by atoms with Crippen molar-refractivity contribution in [2.24, 2.45) is 0 Å². The van der Waals surface area contributed by atoms with E-state index in [1.165, 1.54) is 12.1 Å². The molecule has 1 aliphatic heterocycles. The first-order chi connectivity index (χ1) is 10.2. The standard InChI is InChI=1S/C16H19F3N2O/c1-3-6-15(22)7-8-21(11(15)2)14-5-4-12(10-20)9-13(14)16(17,18)19/h4-5,9,11,22H,3,6-8H2,1-2H3/t11-,15-/m0/s1. The maximum absolute atomic E-state index is 13.3. The van der Waals surface area contributed by atoms with Crippen LogP contribution < -0.4 is 4.90 Å². The van der Waals surface area contributed by atoms with Crippen LogP contribution in [0.3, 0.4) is 0 Å². The number of hydrogen-bond acceptors (Lipinski definition) is 3. The molecule has 1 aliphatic rings. The van der Waals surface area contributed by atoms with Gasteiger partial charge in [-0.2, -0.15) is 18.4 Å². The van der Waals surface area contributed by atoms with Crippen LogP contribution in [0.1, 0.15) is 44.2 Å². The molecule has 1 heterocycles. The van der Waals surface area contributed by atoms with Gasteiger partial charge in [0.25, 0.3) is 0 Å². The van der Waals surface area contributed by atoms with E-state index < -0.39 is 23.4 Å². The van der Waals surface area contributed by atoms with Gasteiger partial charge >= 0.3 is 6.18 Å². The molecule has 0 spiro atoms. The van der Waals surface area contributed by atoms with Gasteiger partial charge in [-0.15, -0.1) is 0 Å². The Morgan fingerprint density at radius 3 is 2.68 bits per heavy atom. The van der Waals surface area contributed by atoms with Crippen molar-refractivity contribution in [1.82, 2.24) is 0 Å². The van der Waals surface area contributed by atoms with E-state index in [1.54, 1.807) is 17.9 Å².